The number of carboxylic acids is 1. The second-order valence-corrected chi connectivity index (χ2v) is 6.63. The predicted molar refractivity (Wildman–Crippen MR) is 90.8 cm³/mol. The Morgan fingerprint density at radius 3 is 2.58 bits per heavy atom. The SMILES string of the molecule is N#Cc1ccc(CN2CCC(NC(=O)N3CCC(C(=O)O)C3)C2=O)cc1. The Hall–Kier alpha value is -3.08. The molecule has 0 bridgehead atoms. The van der Waals surface area contributed by atoms with Crippen LogP contribution in [0.3, 0.4) is 0 Å². The third kappa shape index (κ3) is 3.77. The van der Waals surface area contributed by atoms with Crippen LogP contribution in [0.25, 0.3) is 0 Å². The van der Waals surface area contributed by atoms with Crippen LogP contribution in [0.4, 0.5) is 4.79 Å². The molecule has 2 saturated heterocycles. The Bertz CT molecular complexity index is 755. The number of carbonyl (C=O) groups excluding carboxylic acids is 2. The van der Waals surface area contributed by atoms with E-state index in [2.05, 4.69) is 11.4 Å². The molecule has 2 heterocycles. The summed E-state index contributed by atoms with van der Waals surface area (Å²) in [4.78, 5) is 38.9. The molecule has 0 saturated carbocycles. The number of hydrogen-bond acceptors (Lipinski definition) is 4. The van der Waals surface area contributed by atoms with Crippen LogP contribution in [0.5, 0.6) is 0 Å². The molecule has 2 N–H and O–H groups in total. The topological polar surface area (TPSA) is 114 Å². The highest BCUT2D eigenvalue weighted by molar-refractivity contribution is 5.89. The van der Waals surface area contributed by atoms with Gasteiger partial charge in [0.1, 0.15) is 6.04 Å². The molecule has 3 rings (SSSR count). The van der Waals surface area contributed by atoms with Crippen molar-refractivity contribution in [3.63, 3.8) is 0 Å². The Morgan fingerprint density at radius 2 is 1.96 bits per heavy atom. The maximum Gasteiger partial charge on any atom is 0.318 e. The van der Waals surface area contributed by atoms with E-state index in [9.17, 15) is 14.4 Å². The van der Waals surface area contributed by atoms with E-state index < -0.39 is 17.9 Å². The van der Waals surface area contributed by atoms with Crippen LogP contribution in [0.15, 0.2) is 24.3 Å². The summed E-state index contributed by atoms with van der Waals surface area (Å²) in [6.07, 6.45) is 0.962. The van der Waals surface area contributed by atoms with Gasteiger partial charge in [-0.1, -0.05) is 12.1 Å². The van der Waals surface area contributed by atoms with E-state index in [1.54, 1.807) is 17.0 Å². The number of carboxylic acid groups (broad SMARTS) is 1. The fourth-order valence-corrected chi connectivity index (χ4v) is 3.32. The zero-order valence-corrected chi connectivity index (χ0v) is 14.2. The minimum atomic E-state index is -0.897. The molecule has 2 aliphatic heterocycles. The quantitative estimate of drug-likeness (QED) is 0.827. The number of likely N-dealkylation sites (tertiary alicyclic amines) is 2. The third-order valence-corrected chi connectivity index (χ3v) is 4.88. The van der Waals surface area contributed by atoms with Crippen molar-refractivity contribution in [3.8, 4) is 6.07 Å². The van der Waals surface area contributed by atoms with Gasteiger partial charge in [-0.15, -0.1) is 0 Å². The fourth-order valence-electron chi connectivity index (χ4n) is 3.32. The maximum absolute atomic E-state index is 12.5. The van der Waals surface area contributed by atoms with Crippen molar-refractivity contribution in [1.82, 2.24) is 15.1 Å². The number of rotatable bonds is 4. The molecule has 2 unspecified atom stereocenters. The molecule has 0 aromatic heterocycles. The molecule has 26 heavy (non-hydrogen) atoms. The van der Waals surface area contributed by atoms with Gasteiger partial charge in [0.2, 0.25) is 5.91 Å². The number of aliphatic carboxylic acids is 1. The molecule has 3 amide bonds. The van der Waals surface area contributed by atoms with Gasteiger partial charge in [-0.25, -0.2) is 4.79 Å². The highest BCUT2D eigenvalue weighted by Gasteiger charge is 2.36. The number of amides is 3. The summed E-state index contributed by atoms with van der Waals surface area (Å²) in [5.74, 6) is -1.57. The zero-order valence-electron chi connectivity index (χ0n) is 14.2. The largest absolute Gasteiger partial charge is 0.481 e. The summed E-state index contributed by atoms with van der Waals surface area (Å²) in [7, 11) is 0. The highest BCUT2D eigenvalue weighted by Crippen LogP contribution is 2.19. The fraction of sp³-hybridized carbons (Fsp3) is 0.444. The highest BCUT2D eigenvalue weighted by atomic mass is 16.4. The van der Waals surface area contributed by atoms with Gasteiger partial charge in [-0.2, -0.15) is 5.26 Å². The second-order valence-electron chi connectivity index (χ2n) is 6.63. The Kier molecular flexibility index (Phi) is 5.07. The van der Waals surface area contributed by atoms with Gasteiger partial charge >= 0.3 is 12.0 Å². The lowest BCUT2D eigenvalue weighted by atomic mass is 10.1. The number of hydrogen-bond donors (Lipinski definition) is 2. The number of carbonyl (C=O) groups is 3. The van der Waals surface area contributed by atoms with Gasteiger partial charge < -0.3 is 20.2 Å². The Labute approximate surface area is 151 Å². The lowest BCUT2D eigenvalue weighted by Crippen LogP contribution is -2.47. The number of nitrogens with zero attached hydrogens (tertiary/aromatic N) is 3. The maximum atomic E-state index is 12.5. The van der Waals surface area contributed by atoms with Crippen molar-refractivity contribution in [2.45, 2.75) is 25.4 Å². The van der Waals surface area contributed by atoms with E-state index in [0.717, 1.165) is 5.56 Å². The van der Waals surface area contributed by atoms with Crippen LogP contribution < -0.4 is 5.32 Å². The number of nitrogens with one attached hydrogen (secondary N) is 1. The number of benzene rings is 1. The normalized spacial score (nSPS) is 22.3. The molecule has 2 aliphatic rings. The van der Waals surface area contributed by atoms with Gasteiger partial charge in [0.15, 0.2) is 0 Å². The Balaban J connectivity index is 1.53. The van der Waals surface area contributed by atoms with Crippen molar-refractivity contribution in [2.75, 3.05) is 19.6 Å². The molecule has 136 valence electrons. The third-order valence-electron chi connectivity index (χ3n) is 4.88. The summed E-state index contributed by atoms with van der Waals surface area (Å²) in [5, 5.41) is 20.6. The minimum Gasteiger partial charge on any atom is -0.481 e. The van der Waals surface area contributed by atoms with Crippen LogP contribution in [0.2, 0.25) is 0 Å². The van der Waals surface area contributed by atoms with Crippen LogP contribution in [-0.2, 0) is 16.1 Å². The van der Waals surface area contributed by atoms with Gasteiger partial charge in [0.05, 0.1) is 17.6 Å². The molecule has 2 atom stereocenters. The van der Waals surface area contributed by atoms with Crippen molar-refractivity contribution in [2.24, 2.45) is 5.92 Å². The van der Waals surface area contributed by atoms with Gasteiger partial charge in [0.25, 0.3) is 0 Å². The predicted octanol–water partition coefficient (Wildman–Crippen LogP) is 0.775. The van der Waals surface area contributed by atoms with E-state index >= 15 is 0 Å². The number of urea groups is 1. The van der Waals surface area contributed by atoms with E-state index in [1.807, 2.05) is 12.1 Å². The van der Waals surface area contributed by atoms with E-state index in [4.69, 9.17) is 10.4 Å². The molecule has 8 heteroatoms. The average molecular weight is 356 g/mol. The van der Waals surface area contributed by atoms with Crippen LogP contribution in [0.1, 0.15) is 24.0 Å². The summed E-state index contributed by atoms with van der Waals surface area (Å²) in [6, 6.07) is 8.14. The van der Waals surface area contributed by atoms with Gasteiger partial charge in [0, 0.05) is 26.2 Å². The van der Waals surface area contributed by atoms with E-state index in [-0.39, 0.29) is 18.5 Å². The molecule has 0 aliphatic carbocycles. The second kappa shape index (κ2) is 7.44. The van der Waals surface area contributed by atoms with Crippen LogP contribution in [-0.4, -0.2) is 58.5 Å². The summed E-state index contributed by atoms with van der Waals surface area (Å²) in [6.45, 7) is 1.54. The molecular formula is C18H20N4O4. The molecule has 1 aromatic carbocycles. The van der Waals surface area contributed by atoms with Crippen molar-refractivity contribution >= 4 is 17.9 Å². The van der Waals surface area contributed by atoms with Crippen LogP contribution >= 0.6 is 0 Å². The monoisotopic (exact) mass is 356 g/mol. The van der Waals surface area contributed by atoms with Gasteiger partial charge in [-0.05, 0) is 30.5 Å². The molecule has 0 radical (unpaired) electrons. The van der Waals surface area contributed by atoms with E-state index in [1.165, 1.54) is 4.90 Å². The average Bonchev–Trinajstić information content (AvgIpc) is 3.25. The first-order valence-corrected chi connectivity index (χ1v) is 8.54. The first-order chi connectivity index (χ1) is 12.5. The summed E-state index contributed by atoms with van der Waals surface area (Å²) in [5.41, 5.74) is 1.49. The zero-order chi connectivity index (χ0) is 18.7. The summed E-state index contributed by atoms with van der Waals surface area (Å²) >= 11 is 0. The van der Waals surface area contributed by atoms with Crippen molar-refractivity contribution in [3.05, 3.63) is 35.4 Å². The molecule has 0 spiro atoms. The van der Waals surface area contributed by atoms with Crippen molar-refractivity contribution < 1.29 is 19.5 Å². The summed E-state index contributed by atoms with van der Waals surface area (Å²) < 4.78 is 0. The first kappa shape index (κ1) is 17.7. The minimum absolute atomic E-state index is 0.142. The standard InChI is InChI=1S/C18H20N4O4/c19-9-12-1-3-13(4-2-12)10-21-8-6-15(16(21)23)20-18(26)22-7-5-14(11-22)17(24)25/h1-4,14-15H,5-8,10-11H2,(H,20,26)(H,24,25). The van der Waals surface area contributed by atoms with Crippen molar-refractivity contribution in [1.29, 1.82) is 5.26 Å². The van der Waals surface area contributed by atoms with Gasteiger partial charge in [-0.3, -0.25) is 9.59 Å². The lowest BCUT2D eigenvalue weighted by Gasteiger charge is -2.20. The molecule has 1 aromatic rings. The molecule has 8 nitrogen and oxygen atoms in total. The molecular weight excluding hydrogens is 336 g/mol. The lowest BCUT2D eigenvalue weighted by molar-refractivity contribution is -0.141. The van der Waals surface area contributed by atoms with Crippen LogP contribution in [0, 0.1) is 17.2 Å². The Morgan fingerprint density at radius 1 is 1.23 bits per heavy atom. The smallest absolute Gasteiger partial charge is 0.318 e. The van der Waals surface area contributed by atoms with E-state index in [0.29, 0.717) is 38.0 Å². The number of nitriles is 1. The first-order valence-electron chi connectivity index (χ1n) is 8.54. The molecule has 2 fully saturated rings.